The third kappa shape index (κ3) is 4.34. The van der Waals surface area contributed by atoms with Gasteiger partial charge in [-0.25, -0.2) is 4.98 Å². The van der Waals surface area contributed by atoms with Crippen LogP contribution in [0.5, 0.6) is 0 Å². The molecule has 0 radical (unpaired) electrons. The van der Waals surface area contributed by atoms with Crippen molar-refractivity contribution in [2.75, 3.05) is 19.7 Å². The molecule has 0 aliphatic carbocycles. The molecule has 6 heteroatoms. The monoisotopic (exact) mass is 364 g/mol. The molecule has 1 fully saturated rings. The van der Waals surface area contributed by atoms with Gasteiger partial charge in [-0.1, -0.05) is 42.5 Å². The summed E-state index contributed by atoms with van der Waals surface area (Å²) in [5, 5.41) is 6.58. The van der Waals surface area contributed by atoms with Crippen molar-refractivity contribution in [1.82, 2.24) is 19.7 Å². The fourth-order valence-electron chi connectivity index (χ4n) is 3.68. The summed E-state index contributed by atoms with van der Waals surface area (Å²) in [4.78, 5) is 18.4. The second kappa shape index (κ2) is 8.31. The lowest BCUT2D eigenvalue weighted by Gasteiger charge is -2.33. The van der Waals surface area contributed by atoms with Crippen molar-refractivity contribution in [3.63, 3.8) is 0 Å². The smallest absolute Gasteiger partial charge is 0.222 e. The van der Waals surface area contributed by atoms with Crippen LogP contribution in [-0.2, 0) is 22.5 Å². The molecule has 0 bridgehead atoms. The summed E-state index contributed by atoms with van der Waals surface area (Å²) >= 11 is 0. The number of hydrogen-bond acceptors (Lipinski definition) is 4. The summed E-state index contributed by atoms with van der Waals surface area (Å²) in [6, 6.07) is 14.8. The highest BCUT2D eigenvalue weighted by molar-refractivity contribution is 5.85. The van der Waals surface area contributed by atoms with Gasteiger partial charge < -0.3 is 9.64 Å². The van der Waals surface area contributed by atoms with Crippen LogP contribution in [0.4, 0.5) is 0 Å². The Morgan fingerprint density at radius 1 is 1.19 bits per heavy atom. The summed E-state index contributed by atoms with van der Waals surface area (Å²) in [7, 11) is 0. The third-order valence-electron chi connectivity index (χ3n) is 5.06. The molecule has 0 N–H and O–H groups in total. The molecule has 0 unspecified atom stereocenters. The van der Waals surface area contributed by atoms with Crippen molar-refractivity contribution in [3.8, 4) is 0 Å². The molecule has 2 heterocycles. The number of nitrogens with zero attached hydrogens (tertiary/aromatic N) is 4. The number of carbonyl (C=O) groups excluding carboxylic acids is 1. The Bertz CT molecular complexity index is 889. The Morgan fingerprint density at radius 2 is 2.07 bits per heavy atom. The molecule has 2 aromatic carbocycles. The molecule has 0 spiro atoms. The number of carbonyl (C=O) groups is 1. The Kier molecular flexibility index (Phi) is 5.44. The number of amides is 1. The average molecular weight is 364 g/mol. The molecule has 140 valence electrons. The van der Waals surface area contributed by atoms with Crippen molar-refractivity contribution in [3.05, 3.63) is 60.7 Å². The van der Waals surface area contributed by atoms with E-state index < -0.39 is 0 Å². The van der Waals surface area contributed by atoms with Gasteiger partial charge in [0.25, 0.3) is 0 Å². The zero-order chi connectivity index (χ0) is 18.5. The minimum atomic E-state index is 0.0452. The topological polar surface area (TPSA) is 60.2 Å². The van der Waals surface area contributed by atoms with E-state index in [4.69, 9.17) is 4.74 Å². The summed E-state index contributed by atoms with van der Waals surface area (Å²) in [5.74, 6) is 0.196. The molecule has 3 aromatic rings. The minimum Gasteiger partial charge on any atom is -0.374 e. The van der Waals surface area contributed by atoms with Crippen molar-refractivity contribution < 1.29 is 9.53 Å². The lowest BCUT2D eigenvalue weighted by atomic mass is 9.99. The van der Waals surface area contributed by atoms with E-state index in [0.717, 1.165) is 19.4 Å². The van der Waals surface area contributed by atoms with Gasteiger partial charge in [0.1, 0.15) is 12.7 Å². The fourth-order valence-corrected chi connectivity index (χ4v) is 3.68. The number of morpholine rings is 1. The summed E-state index contributed by atoms with van der Waals surface area (Å²) in [5.41, 5.74) is 1.28. The number of fused-ring (bicyclic) bond motifs is 1. The first-order chi connectivity index (χ1) is 13.3. The molecule has 0 saturated carbocycles. The van der Waals surface area contributed by atoms with Crippen LogP contribution in [0.25, 0.3) is 10.8 Å². The fraction of sp³-hybridized carbons (Fsp3) is 0.381. The van der Waals surface area contributed by atoms with E-state index in [-0.39, 0.29) is 12.0 Å². The van der Waals surface area contributed by atoms with Crippen LogP contribution < -0.4 is 0 Å². The Balaban J connectivity index is 1.34. The SMILES string of the molecule is O=C(CCCn1cncn1)N1CCO[C@H](Cc2cccc3ccccc23)C1. The van der Waals surface area contributed by atoms with Gasteiger partial charge in [0.05, 0.1) is 12.7 Å². The number of aromatic nitrogens is 3. The van der Waals surface area contributed by atoms with E-state index >= 15 is 0 Å². The maximum Gasteiger partial charge on any atom is 0.222 e. The maximum absolute atomic E-state index is 12.6. The Morgan fingerprint density at radius 3 is 2.96 bits per heavy atom. The molecule has 1 saturated heterocycles. The van der Waals surface area contributed by atoms with Crippen LogP contribution in [0.3, 0.4) is 0 Å². The van der Waals surface area contributed by atoms with Gasteiger partial charge in [-0.2, -0.15) is 5.10 Å². The van der Waals surface area contributed by atoms with E-state index in [2.05, 4.69) is 52.5 Å². The van der Waals surface area contributed by atoms with E-state index in [1.165, 1.54) is 22.7 Å². The third-order valence-corrected chi connectivity index (χ3v) is 5.06. The minimum absolute atomic E-state index is 0.0452. The van der Waals surface area contributed by atoms with Gasteiger partial charge >= 0.3 is 0 Å². The summed E-state index contributed by atoms with van der Waals surface area (Å²) in [6.07, 6.45) is 5.36. The molecular weight excluding hydrogens is 340 g/mol. The number of rotatable bonds is 6. The van der Waals surface area contributed by atoms with E-state index in [0.29, 0.717) is 26.1 Å². The summed E-state index contributed by atoms with van der Waals surface area (Å²) in [6.45, 7) is 2.65. The molecule has 4 rings (SSSR count). The standard InChI is InChI=1S/C21H24N4O2/c26-21(9-4-10-25-16-22-15-23-25)24-11-12-27-19(14-24)13-18-7-3-6-17-5-1-2-8-20(17)18/h1-3,5-8,15-16,19H,4,9-14H2/t19-/m1/s1. The van der Waals surface area contributed by atoms with Gasteiger partial charge in [-0.15, -0.1) is 0 Å². The first kappa shape index (κ1) is 17.7. The van der Waals surface area contributed by atoms with Crippen LogP contribution in [0.1, 0.15) is 18.4 Å². The molecule has 6 nitrogen and oxygen atoms in total. The number of benzene rings is 2. The highest BCUT2D eigenvalue weighted by atomic mass is 16.5. The van der Waals surface area contributed by atoms with E-state index in [9.17, 15) is 4.79 Å². The van der Waals surface area contributed by atoms with E-state index in [1.807, 2.05) is 4.90 Å². The molecule has 27 heavy (non-hydrogen) atoms. The van der Waals surface area contributed by atoms with Gasteiger partial charge in [-0.05, 0) is 22.8 Å². The van der Waals surface area contributed by atoms with Crippen molar-refractivity contribution >= 4 is 16.7 Å². The quantitative estimate of drug-likeness (QED) is 0.675. The second-order valence-electron chi connectivity index (χ2n) is 6.94. The molecular formula is C21H24N4O2. The molecule has 1 aromatic heterocycles. The molecule has 1 aliphatic heterocycles. The highest BCUT2D eigenvalue weighted by Crippen LogP contribution is 2.22. The van der Waals surface area contributed by atoms with Crippen LogP contribution >= 0.6 is 0 Å². The Hall–Kier alpha value is -2.73. The van der Waals surface area contributed by atoms with Crippen LogP contribution in [0, 0.1) is 0 Å². The maximum atomic E-state index is 12.6. The van der Waals surface area contributed by atoms with Crippen molar-refractivity contribution in [2.45, 2.75) is 31.9 Å². The predicted molar refractivity (Wildman–Crippen MR) is 103 cm³/mol. The Labute approximate surface area is 158 Å². The lowest BCUT2D eigenvalue weighted by molar-refractivity contribution is -0.138. The molecule has 1 amide bonds. The first-order valence-corrected chi connectivity index (χ1v) is 9.48. The second-order valence-corrected chi connectivity index (χ2v) is 6.94. The largest absolute Gasteiger partial charge is 0.374 e. The van der Waals surface area contributed by atoms with Crippen molar-refractivity contribution in [2.24, 2.45) is 0 Å². The van der Waals surface area contributed by atoms with Gasteiger partial charge in [-0.3, -0.25) is 9.48 Å². The normalized spacial score (nSPS) is 17.3. The average Bonchev–Trinajstić information content (AvgIpc) is 3.22. The zero-order valence-corrected chi connectivity index (χ0v) is 15.3. The zero-order valence-electron chi connectivity index (χ0n) is 15.3. The number of hydrogen-bond donors (Lipinski definition) is 0. The van der Waals surface area contributed by atoms with Gasteiger partial charge in [0.15, 0.2) is 0 Å². The molecule has 1 atom stereocenters. The first-order valence-electron chi connectivity index (χ1n) is 9.48. The number of ether oxygens (including phenoxy) is 1. The summed E-state index contributed by atoms with van der Waals surface area (Å²) < 4.78 is 7.72. The van der Waals surface area contributed by atoms with Crippen LogP contribution in [0.2, 0.25) is 0 Å². The lowest BCUT2D eigenvalue weighted by Crippen LogP contribution is -2.46. The van der Waals surface area contributed by atoms with Crippen LogP contribution in [-0.4, -0.2) is 51.4 Å². The van der Waals surface area contributed by atoms with Gasteiger partial charge in [0.2, 0.25) is 5.91 Å². The van der Waals surface area contributed by atoms with Crippen LogP contribution in [0.15, 0.2) is 55.1 Å². The number of aryl methyl sites for hydroxylation is 1. The van der Waals surface area contributed by atoms with Gasteiger partial charge in [0, 0.05) is 32.5 Å². The van der Waals surface area contributed by atoms with E-state index in [1.54, 1.807) is 11.0 Å². The predicted octanol–water partition coefficient (Wildman–Crippen LogP) is 2.68. The van der Waals surface area contributed by atoms with Crippen molar-refractivity contribution in [1.29, 1.82) is 0 Å². The highest BCUT2D eigenvalue weighted by Gasteiger charge is 2.24. The molecule has 1 aliphatic rings.